The Bertz CT molecular complexity index is 1180. The number of carboxylic acid groups (broad SMARTS) is 1. The zero-order valence-electron chi connectivity index (χ0n) is 19.9. The molecule has 0 radical (unpaired) electrons. The quantitative estimate of drug-likeness (QED) is 0.434. The van der Waals surface area contributed by atoms with Crippen molar-refractivity contribution >= 4 is 11.9 Å². The van der Waals surface area contributed by atoms with E-state index in [2.05, 4.69) is 0 Å². The lowest BCUT2D eigenvalue weighted by atomic mass is 10.1. The van der Waals surface area contributed by atoms with E-state index in [0.29, 0.717) is 24.5 Å². The van der Waals surface area contributed by atoms with Crippen LogP contribution in [0.4, 0.5) is 4.39 Å². The minimum absolute atomic E-state index is 0.0128. The Kier molecular flexibility index (Phi) is 8.67. The van der Waals surface area contributed by atoms with Crippen molar-refractivity contribution in [3.63, 3.8) is 0 Å². The van der Waals surface area contributed by atoms with Gasteiger partial charge >= 0.3 is 5.97 Å². The predicted molar refractivity (Wildman–Crippen MR) is 129 cm³/mol. The highest BCUT2D eigenvalue weighted by Gasteiger charge is 2.18. The third-order valence-electron chi connectivity index (χ3n) is 5.48. The van der Waals surface area contributed by atoms with E-state index in [9.17, 15) is 19.1 Å². The van der Waals surface area contributed by atoms with Crippen molar-refractivity contribution in [2.45, 2.75) is 19.9 Å². The molecule has 8 heteroatoms. The molecule has 184 valence electrons. The average molecular weight is 482 g/mol. The largest absolute Gasteiger partial charge is 0.493 e. The Balaban J connectivity index is 1.79. The summed E-state index contributed by atoms with van der Waals surface area (Å²) < 4.78 is 29.6. The fraction of sp³-hybridized carbons (Fsp3) is 0.259. The van der Waals surface area contributed by atoms with Gasteiger partial charge in [0.25, 0.3) is 5.91 Å². The van der Waals surface area contributed by atoms with E-state index in [-0.39, 0.29) is 36.2 Å². The molecule has 1 amide bonds. The van der Waals surface area contributed by atoms with Crippen molar-refractivity contribution in [2.75, 3.05) is 27.4 Å². The van der Waals surface area contributed by atoms with Gasteiger partial charge in [0.1, 0.15) is 17.1 Å². The van der Waals surface area contributed by atoms with Gasteiger partial charge in [-0.2, -0.15) is 0 Å². The zero-order chi connectivity index (χ0) is 25.4. The van der Waals surface area contributed by atoms with Crippen LogP contribution in [0.15, 0.2) is 60.7 Å². The van der Waals surface area contributed by atoms with Gasteiger partial charge < -0.3 is 24.2 Å². The number of amides is 1. The summed E-state index contributed by atoms with van der Waals surface area (Å²) in [4.78, 5) is 26.3. The average Bonchev–Trinajstić information content (AvgIpc) is 2.85. The molecule has 0 aliphatic carbocycles. The minimum Gasteiger partial charge on any atom is -0.493 e. The second-order valence-corrected chi connectivity index (χ2v) is 7.97. The van der Waals surface area contributed by atoms with Crippen LogP contribution in [-0.2, 0) is 17.8 Å². The first-order valence-corrected chi connectivity index (χ1v) is 11.0. The molecule has 3 rings (SSSR count). The summed E-state index contributed by atoms with van der Waals surface area (Å²) in [6.45, 7) is 2.10. The van der Waals surface area contributed by atoms with Gasteiger partial charge in [-0.05, 0) is 66.4 Å². The van der Waals surface area contributed by atoms with Gasteiger partial charge in [-0.15, -0.1) is 0 Å². The highest BCUT2D eigenvalue weighted by Crippen LogP contribution is 2.28. The number of carbonyl (C=O) groups is 2. The van der Waals surface area contributed by atoms with Gasteiger partial charge in [-0.1, -0.05) is 24.3 Å². The normalized spacial score (nSPS) is 10.5. The lowest BCUT2D eigenvalue weighted by Gasteiger charge is -2.24. The highest BCUT2D eigenvalue weighted by molar-refractivity contribution is 5.91. The molecule has 0 unspecified atom stereocenters. The number of carbonyl (C=O) groups excluding carboxylic acids is 1. The molecule has 0 atom stereocenters. The van der Waals surface area contributed by atoms with E-state index in [1.807, 2.05) is 13.0 Å². The van der Waals surface area contributed by atoms with Crippen molar-refractivity contribution in [1.82, 2.24) is 4.90 Å². The van der Waals surface area contributed by atoms with Crippen LogP contribution in [0.2, 0.25) is 0 Å². The lowest BCUT2D eigenvalue weighted by Crippen LogP contribution is -2.36. The number of hydrogen-bond donors (Lipinski definition) is 1. The number of hydrogen-bond acceptors (Lipinski definition) is 5. The SMILES string of the molecule is COc1ccc(CN(CCc2ccc(F)cc2)C(=O)COc2cc(C)ccc2C(=O)O)cc1OC. The molecule has 0 saturated heterocycles. The summed E-state index contributed by atoms with van der Waals surface area (Å²) in [5.41, 5.74) is 2.50. The molecule has 0 fully saturated rings. The van der Waals surface area contributed by atoms with E-state index < -0.39 is 5.97 Å². The molecule has 0 aliphatic heterocycles. The molecule has 1 N–H and O–H groups in total. The summed E-state index contributed by atoms with van der Waals surface area (Å²) in [6.07, 6.45) is 0.504. The second-order valence-electron chi connectivity index (χ2n) is 7.97. The van der Waals surface area contributed by atoms with Crippen molar-refractivity contribution in [3.8, 4) is 17.2 Å². The molecule has 0 spiro atoms. The number of ether oxygens (including phenoxy) is 3. The van der Waals surface area contributed by atoms with E-state index >= 15 is 0 Å². The van der Waals surface area contributed by atoms with Crippen LogP contribution in [0.1, 0.15) is 27.0 Å². The monoisotopic (exact) mass is 481 g/mol. The Morgan fingerprint density at radius 1 is 0.886 bits per heavy atom. The first-order chi connectivity index (χ1) is 16.8. The third kappa shape index (κ3) is 6.96. The van der Waals surface area contributed by atoms with Gasteiger partial charge in [0.15, 0.2) is 18.1 Å². The summed E-state index contributed by atoms with van der Waals surface area (Å²) in [6, 6.07) is 16.2. The first kappa shape index (κ1) is 25.6. The standard InChI is InChI=1S/C27H28FNO6/c1-18-4-10-22(27(31)32)24(14-18)35-17-26(30)29(13-12-19-5-8-21(28)9-6-19)16-20-7-11-23(33-2)25(15-20)34-3/h4-11,14-15H,12-13,16-17H2,1-3H3,(H,31,32). The lowest BCUT2D eigenvalue weighted by molar-refractivity contribution is -0.134. The van der Waals surface area contributed by atoms with Crippen LogP contribution in [0.5, 0.6) is 17.2 Å². The molecule has 0 aliphatic rings. The van der Waals surface area contributed by atoms with Crippen LogP contribution in [0.3, 0.4) is 0 Å². The number of rotatable bonds is 11. The Labute approximate surface area is 203 Å². The molecule has 7 nitrogen and oxygen atoms in total. The Morgan fingerprint density at radius 2 is 1.57 bits per heavy atom. The van der Waals surface area contributed by atoms with Crippen molar-refractivity contribution in [1.29, 1.82) is 0 Å². The van der Waals surface area contributed by atoms with Gasteiger partial charge in [-0.25, -0.2) is 9.18 Å². The maximum atomic E-state index is 13.3. The molecular weight excluding hydrogens is 453 g/mol. The zero-order valence-corrected chi connectivity index (χ0v) is 19.9. The summed E-state index contributed by atoms with van der Waals surface area (Å²) >= 11 is 0. The van der Waals surface area contributed by atoms with Gasteiger partial charge in [0, 0.05) is 13.1 Å². The number of methoxy groups -OCH3 is 2. The van der Waals surface area contributed by atoms with E-state index in [1.54, 1.807) is 48.4 Å². The van der Waals surface area contributed by atoms with Crippen LogP contribution in [0.25, 0.3) is 0 Å². The summed E-state index contributed by atoms with van der Waals surface area (Å²) in [7, 11) is 3.08. The maximum absolute atomic E-state index is 13.3. The summed E-state index contributed by atoms with van der Waals surface area (Å²) in [5, 5.41) is 9.42. The van der Waals surface area contributed by atoms with Crippen molar-refractivity contribution in [3.05, 3.63) is 88.7 Å². The molecule has 0 heterocycles. The number of aryl methyl sites for hydroxylation is 1. The number of aromatic carboxylic acids is 1. The van der Waals surface area contributed by atoms with Gasteiger partial charge in [-0.3, -0.25) is 4.79 Å². The predicted octanol–water partition coefficient (Wildman–Crippen LogP) is 4.50. The second kappa shape index (κ2) is 11.9. The van der Waals surface area contributed by atoms with Crippen molar-refractivity contribution in [2.24, 2.45) is 0 Å². The molecule has 3 aromatic carbocycles. The number of nitrogens with zero attached hydrogens (tertiary/aromatic N) is 1. The van der Waals surface area contributed by atoms with E-state index in [0.717, 1.165) is 16.7 Å². The fourth-order valence-electron chi connectivity index (χ4n) is 3.56. The topological polar surface area (TPSA) is 85.3 Å². The minimum atomic E-state index is -1.13. The fourth-order valence-corrected chi connectivity index (χ4v) is 3.56. The van der Waals surface area contributed by atoms with Crippen LogP contribution < -0.4 is 14.2 Å². The van der Waals surface area contributed by atoms with E-state index in [4.69, 9.17) is 14.2 Å². The molecular formula is C27H28FNO6. The van der Waals surface area contributed by atoms with Gasteiger partial charge in [0.2, 0.25) is 0 Å². The highest BCUT2D eigenvalue weighted by atomic mass is 19.1. The van der Waals surface area contributed by atoms with Crippen LogP contribution >= 0.6 is 0 Å². The van der Waals surface area contributed by atoms with Crippen LogP contribution in [-0.4, -0.2) is 49.3 Å². The summed E-state index contributed by atoms with van der Waals surface area (Å²) in [5.74, 6) is -0.531. The number of benzene rings is 3. The number of carboxylic acids is 1. The molecule has 3 aromatic rings. The van der Waals surface area contributed by atoms with Crippen LogP contribution in [0, 0.1) is 12.7 Å². The Hall–Kier alpha value is -4.07. The molecule has 0 bridgehead atoms. The Morgan fingerprint density at radius 3 is 2.23 bits per heavy atom. The van der Waals surface area contributed by atoms with Crippen molar-refractivity contribution < 1.29 is 33.3 Å². The van der Waals surface area contributed by atoms with Gasteiger partial charge in [0.05, 0.1) is 14.2 Å². The molecule has 35 heavy (non-hydrogen) atoms. The van der Waals surface area contributed by atoms with E-state index in [1.165, 1.54) is 25.3 Å². The third-order valence-corrected chi connectivity index (χ3v) is 5.48. The number of halogens is 1. The maximum Gasteiger partial charge on any atom is 0.339 e. The smallest absolute Gasteiger partial charge is 0.339 e. The molecule has 0 aromatic heterocycles. The molecule has 0 saturated carbocycles. The first-order valence-electron chi connectivity index (χ1n) is 11.0.